The second kappa shape index (κ2) is 11.4. The van der Waals surface area contributed by atoms with Crippen LogP contribution in [0.25, 0.3) is 10.9 Å². The Balaban J connectivity index is 1.42. The van der Waals surface area contributed by atoms with E-state index in [1.54, 1.807) is 37.4 Å². The number of amides is 1. The van der Waals surface area contributed by atoms with Crippen molar-refractivity contribution in [2.75, 3.05) is 26.7 Å². The molecule has 0 saturated carbocycles. The predicted octanol–water partition coefficient (Wildman–Crippen LogP) is 3.13. The molecule has 1 fully saturated rings. The number of aromatic nitrogens is 2. The molecule has 0 spiro atoms. The van der Waals surface area contributed by atoms with Gasteiger partial charge in [-0.25, -0.2) is 4.79 Å². The van der Waals surface area contributed by atoms with Gasteiger partial charge in [-0.2, -0.15) is 0 Å². The van der Waals surface area contributed by atoms with Crippen LogP contribution in [0.5, 0.6) is 5.75 Å². The Labute approximate surface area is 204 Å². The van der Waals surface area contributed by atoms with E-state index in [0.29, 0.717) is 34.8 Å². The van der Waals surface area contributed by atoms with E-state index < -0.39 is 11.2 Å². The zero-order chi connectivity index (χ0) is 24.8. The molecule has 2 heterocycles. The van der Waals surface area contributed by atoms with Gasteiger partial charge in [0.15, 0.2) is 0 Å². The first-order valence-electron chi connectivity index (χ1n) is 12.4. The van der Waals surface area contributed by atoms with Crippen LogP contribution in [0.1, 0.15) is 54.9 Å². The van der Waals surface area contributed by atoms with Crippen LogP contribution in [-0.2, 0) is 6.54 Å². The van der Waals surface area contributed by atoms with Crippen LogP contribution < -0.4 is 21.3 Å². The summed E-state index contributed by atoms with van der Waals surface area (Å²) in [6, 6.07) is 12.7. The van der Waals surface area contributed by atoms with Crippen LogP contribution >= 0.6 is 0 Å². The van der Waals surface area contributed by atoms with Gasteiger partial charge < -0.3 is 19.9 Å². The molecule has 2 aromatic carbocycles. The van der Waals surface area contributed by atoms with Gasteiger partial charge in [-0.1, -0.05) is 25.5 Å². The number of hydrogen-bond acceptors (Lipinski definition) is 5. The van der Waals surface area contributed by atoms with Crippen molar-refractivity contribution in [2.24, 2.45) is 0 Å². The highest BCUT2D eigenvalue weighted by molar-refractivity contribution is 5.97. The first-order valence-corrected chi connectivity index (χ1v) is 12.4. The first-order chi connectivity index (χ1) is 17.0. The number of piperidine rings is 1. The highest BCUT2D eigenvalue weighted by Gasteiger charge is 2.20. The molecule has 8 heteroatoms. The van der Waals surface area contributed by atoms with Crippen LogP contribution in [0.2, 0.25) is 0 Å². The summed E-state index contributed by atoms with van der Waals surface area (Å²) in [6.45, 7) is 5.07. The van der Waals surface area contributed by atoms with Crippen LogP contribution in [0.4, 0.5) is 0 Å². The highest BCUT2D eigenvalue weighted by Crippen LogP contribution is 2.19. The molecule has 8 nitrogen and oxygen atoms in total. The SMILES string of the molecule is CCC1CCCCN1CCCNC(=O)c1ccc2c(=O)n(Cc3cccc(OC)c3)c(=O)[nH]c2c1. The molecule has 3 aromatic rings. The normalized spacial score (nSPS) is 16.3. The number of benzene rings is 2. The molecule has 0 radical (unpaired) electrons. The minimum Gasteiger partial charge on any atom is -0.497 e. The van der Waals surface area contributed by atoms with Gasteiger partial charge in [0, 0.05) is 24.7 Å². The van der Waals surface area contributed by atoms with Crippen LogP contribution in [-0.4, -0.2) is 53.1 Å². The van der Waals surface area contributed by atoms with E-state index in [0.717, 1.165) is 29.6 Å². The van der Waals surface area contributed by atoms with E-state index >= 15 is 0 Å². The Bertz CT molecular complexity index is 1300. The molecular formula is C27H34N4O4. The van der Waals surface area contributed by atoms with Crippen molar-refractivity contribution in [1.82, 2.24) is 19.8 Å². The largest absolute Gasteiger partial charge is 0.497 e. The molecule has 1 saturated heterocycles. The van der Waals surface area contributed by atoms with E-state index in [-0.39, 0.29) is 12.5 Å². The molecule has 1 atom stereocenters. The quantitative estimate of drug-likeness (QED) is 0.461. The average Bonchev–Trinajstić information content (AvgIpc) is 2.88. The van der Waals surface area contributed by atoms with Gasteiger partial charge in [0.2, 0.25) is 0 Å². The third-order valence-corrected chi connectivity index (χ3v) is 6.85. The van der Waals surface area contributed by atoms with Crippen molar-refractivity contribution in [3.63, 3.8) is 0 Å². The maximum absolute atomic E-state index is 13.0. The maximum atomic E-state index is 13.0. The highest BCUT2D eigenvalue weighted by atomic mass is 16.5. The topological polar surface area (TPSA) is 96.4 Å². The number of likely N-dealkylation sites (tertiary alicyclic amines) is 1. The molecule has 1 aliphatic rings. The van der Waals surface area contributed by atoms with E-state index in [4.69, 9.17) is 4.74 Å². The number of nitrogens with one attached hydrogen (secondary N) is 2. The Kier molecular flexibility index (Phi) is 8.02. The molecule has 1 unspecified atom stereocenters. The van der Waals surface area contributed by atoms with Crippen molar-refractivity contribution >= 4 is 16.8 Å². The van der Waals surface area contributed by atoms with Gasteiger partial charge in [0.05, 0.1) is 24.6 Å². The smallest absolute Gasteiger partial charge is 0.329 e. The molecule has 35 heavy (non-hydrogen) atoms. The van der Waals surface area contributed by atoms with E-state index in [1.165, 1.54) is 25.7 Å². The van der Waals surface area contributed by atoms with Gasteiger partial charge >= 0.3 is 5.69 Å². The number of H-pyrrole nitrogens is 1. The van der Waals surface area contributed by atoms with Crippen LogP contribution in [0.3, 0.4) is 0 Å². The minimum absolute atomic E-state index is 0.124. The van der Waals surface area contributed by atoms with E-state index in [9.17, 15) is 14.4 Å². The van der Waals surface area contributed by atoms with E-state index in [2.05, 4.69) is 22.1 Å². The van der Waals surface area contributed by atoms with Gasteiger partial charge in [-0.3, -0.25) is 14.2 Å². The summed E-state index contributed by atoms with van der Waals surface area (Å²) in [5.74, 6) is 0.448. The molecule has 1 aliphatic heterocycles. The molecule has 4 rings (SSSR count). The summed E-state index contributed by atoms with van der Waals surface area (Å²) in [5, 5.41) is 3.33. The standard InChI is InChI=1S/C27H34N4O4/c1-3-21-9-4-5-14-30(21)15-7-13-28-25(32)20-11-12-23-24(17-20)29-27(34)31(26(23)33)18-19-8-6-10-22(16-19)35-2/h6,8,10-12,16-17,21H,3-5,7,9,13-15,18H2,1-2H3,(H,28,32)(H,29,34). The van der Waals surface area contributed by atoms with Crippen molar-refractivity contribution in [3.8, 4) is 5.75 Å². The molecule has 0 bridgehead atoms. The maximum Gasteiger partial charge on any atom is 0.329 e. The number of ether oxygens (including phenoxy) is 1. The zero-order valence-electron chi connectivity index (χ0n) is 20.5. The second-order valence-corrected chi connectivity index (χ2v) is 9.14. The van der Waals surface area contributed by atoms with Crippen LogP contribution in [0, 0.1) is 0 Å². The Morgan fingerprint density at radius 1 is 1.17 bits per heavy atom. The number of nitrogens with zero attached hydrogens (tertiary/aromatic N) is 2. The lowest BCUT2D eigenvalue weighted by molar-refractivity contribution is 0.0947. The summed E-state index contributed by atoms with van der Waals surface area (Å²) < 4.78 is 6.37. The van der Waals surface area contributed by atoms with E-state index in [1.807, 2.05) is 12.1 Å². The molecule has 186 valence electrons. The molecule has 1 amide bonds. The number of aromatic amines is 1. The predicted molar refractivity (Wildman–Crippen MR) is 137 cm³/mol. The summed E-state index contributed by atoms with van der Waals surface area (Å²) in [6.07, 6.45) is 5.88. The van der Waals surface area contributed by atoms with Gasteiger partial charge in [0.1, 0.15) is 5.75 Å². The Morgan fingerprint density at radius 2 is 2.03 bits per heavy atom. The van der Waals surface area contributed by atoms with Gasteiger partial charge in [0.25, 0.3) is 11.5 Å². The van der Waals surface area contributed by atoms with Crippen molar-refractivity contribution < 1.29 is 9.53 Å². The number of methoxy groups -OCH3 is 1. The fourth-order valence-electron chi connectivity index (χ4n) is 4.90. The number of fused-ring (bicyclic) bond motifs is 1. The summed E-state index contributed by atoms with van der Waals surface area (Å²) in [5.41, 5.74) is 0.638. The molecular weight excluding hydrogens is 444 g/mol. The van der Waals surface area contributed by atoms with Crippen molar-refractivity contribution in [2.45, 2.75) is 51.6 Å². The lowest BCUT2D eigenvalue weighted by atomic mass is 10.00. The number of carbonyl (C=O) groups excluding carboxylic acids is 1. The fraction of sp³-hybridized carbons (Fsp3) is 0.444. The van der Waals surface area contributed by atoms with Crippen molar-refractivity contribution in [1.29, 1.82) is 0 Å². The lowest BCUT2D eigenvalue weighted by Gasteiger charge is -2.35. The molecule has 0 aliphatic carbocycles. The lowest BCUT2D eigenvalue weighted by Crippen LogP contribution is -2.40. The second-order valence-electron chi connectivity index (χ2n) is 9.14. The first kappa shape index (κ1) is 24.7. The molecule has 2 N–H and O–H groups in total. The Hall–Kier alpha value is -3.39. The fourth-order valence-corrected chi connectivity index (χ4v) is 4.90. The number of hydrogen-bond donors (Lipinski definition) is 2. The average molecular weight is 479 g/mol. The third-order valence-electron chi connectivity index (χ3n) is 6.85. The third kappa shape index (κ3) is 5.82. The Morgan fingerprint density at radius 3 is 2.83 bits per heavy atom. The van der Waals surface area contributed by atoms with Gasteiger partial charge in [-0.15, -0.1) is 0 Å². The minimum atomic E-state index is -0.519. The van der Waals surface area contributed by atoms with Gasteiger partial charge in [-0.05, 0) is 68.1 Å². The summed E-state index contributed by atoms with van der Waals surface area (Å²) in [4.78, 5) is 43.7. The van der Waals surface area contributed by atoms with Crippen LogP contribution in [0.15, 0.2) is 52.1 Å². The summed E-state index contributed by atoms with van der Waals surface area (Å²) >= 11 is 0. The zero-order valence-corrected chi connectivity index (χ0v) is 20.5. The monoisotopic (exact) mass is 478 g/mol. The summed E-state index contributed by atoms with van der Waals surface area (Å²) in [7, 11) is 1.57. The number of carbonyl (C=O) groups is 1. The van der Waals surface area contributed by atoms with Crippen molar-refractivity contribution in [3.05, 3.63) is 74.4 Å². The number of rotatable bonds is 9. The molecule has 1 aromatic heterocycles.